The van der Waals surface area contributed by atoms with E-state index in [2.05, 4.69) is 15.6 Å². The van der Waals surface area contributed by atoms with Gasteiger partial charge in [-0.3, -0.25) is 4.99 Å². The van der Waals surface area contributed by atoms with Crippen molar-refractivity contribution < 1.29 is 23.0 Å². The van der Waals surface area contributed by atoms with Gasteiger partial charge in [0.2, 0.25) is 0 Å². The molecule has 0 saturated heterocycles. The Balaban J connectivity index is 0.00000306. The Morgan fingerprint density at radius 2 is 2.06 bits per heavy atom. The number of hydrogen-bond donors (Lipinski definition) is 2. The van der Waals surface area contributed by atoms with Crippen LogP contribution in [0.2, 0.25) is 0 Å². The number of halogens is 3. The number of nitrogens with zero attached hydrogens (tertiary/aromatic N) is 1. The summed E-state index contributed by atoms with van der Waals surface area (Å²) in [5.41, 5.74) is 2.29. The van der Waals surface area contributed by atoms with E-state index in [4.69, 9.17) is 14.2 Å². The predicted octanol–water partition coefficient (Wildman–Crippen LogP) is 4.71. The first kappa shape index (κ1) is 25.5. The van der Waals surface area contributed by atoms with Crippen molar-refractivity contribution in [3.05, 3.63) is 58.7 Å². The van der Waals surface area contributed by atoms with E-state index in [-0.39, 0.29) is 48.4 Å². The van der Waals surface area contributed by atoms with E-state index in [0.29, 0.717) is 55.1 Å². The van der Waals surface area contributed by atoms with Gasteiger partial charge in [-0.2, -0.15) is 0 Å². The molecule has 2 aromatic carbocycles. The minimum absolute atomic E-state index is 0. The lowest BCUT2D eigenvalue weighted by molar-refractivity contribution is -0.0172. The fourth-order valence-corrected chi connectivity index (χ4v) is 3.64. The molecule has 0 amide bonds. The molecule has 33 heavy (non-hydrogen) atoms. The molecule has 1 atom stereocenters. The highest BCUT2D eigenvalue weighted by Gasteiger charge is 2.23. The Morgan fingerprint density at radius 3 is 2.79 bits per heavy atom. The van der Waals surface area contributed by atoms with Gasteiger partial charge in [-0.05, 0) is 67.5 Å². The molecule has 6 nitrogen and oxygen atoms in total. The van der Waals surface area contributed by atoms with Crippen LogP contribution in [0.15, 0.2) is 35.3 Å². The molecule has 1 heterocycles. The van der Waals surface area contributed by atoms with Gasteiger partial charge in [0.15, 0.2) is 24.3 Å². The van der Waals surface area contributed by atoms with Gasteiger partial charge < -0.3 is 24.8 Å². The van der Waals surface area contributed by atoms with Gasteiger partial charge >= 0.3 is 0 Å². The molecule has 0 spiro atoms. The highest BCUT2D eigenvalue weighted by Crippen LogP contribution is 2.31. The average Bonchev–Trinajstić information content (AvgIpc) is 3.61. The lowest BCUT2D eigenvalue weighted by Crippen LogP contribution is -2.39. The molecule has 180 valence electrons. The molecule has 1 aliphatic carbocycles. The molecule has 1 saturated carbocycles. The molecular weight excluding hydrogens is 543 g/mol. The van der Waals surface area contributed by atoms with E-state index in [1.165, 1.54) is 18.2 Å². The molecule has 1 aliphatic heterocycles. The molecule has 1 fully saturated rings. The van der Waals surface area contributed by atoms with Gasteiger partial charge in [0.05, 0.1) is 19.3 Å². The van der Waals surface area contributed by atoms with Crippen molar-refractivity contribution in [2.24, 2.45) is 10.9 Å². The van der Waals surface area contributed by atoms with Crippen LogP contribution in [0.5, 0.6) is 11.5 Å². The second-order valence-electron chi connectivity index (χ2n) is 8.22. The molecule has 2 aromatic rings. The van der Waals surface area contributed by atoms with E-state index in [1.54, 1.807) is 13.1 Å². The topological polar surface area (TPSA) is 64.1 Å². The normalized spacial score (nSPS) is 16.2. The van der Waals surface area contributed by atoms with Crippen LogP contribution in [0.3, 0.4) is 0 Å². The number of fused-ring (bicyclic) bond motifs is 1. The average molecular weight is 573 g/mol. The Hall–Kier alpha value is -2.14. The van der Waals surface area contributed by atoms with Crippen LogP contribution in [-0.4, -0.2) is 33.0 Å². The number of guanidine groups is 1. The maximum atomic E-state index is 14.4. The van der Waals surface area contributed by atoms with Crippen LogP contribution in [0.4, 0.5) is 8.78 Å². The van der Waals surface area contributed by atoms with Crippen molar-refractivity contribution >= 4 is 29.9 Å². The summed E-state index contributed by atoms with van der Waals surface area (Å²) in [6.45, 7) is 3.54. The van der Waals surface area contributed by atoms with Crippen LogP contribution >= 0.6 is 24.0 Å². The van der Waals surface area contributed by atoms with Crippen molar-refractivity contribution in [1.82, 2.24) is 10.6 Å². The fraction of sp³-hybridized carbons (Fsp3) is 0.458. The van der Waals surface area contributed by atoms with Gasteiger partial charge in [0.25, 0.3) is 0 Å². The summed E-state index contributed by atoms with van der Waals surface area (Å²) < 4.78 is 44.7. The summed E-state index contributed by atoms with van der Waals surface area (Å²) in [6.07, 6.45) is 2.88. The summed E-state index contributed by atoms with van der Waals surface area (Å²) in [5.74, 6) is 1.45. The Kier molecular flexibility index (Phi) is 9.13. The predicted molar refractivity (Wildman–Crippen MR) is 133 cm³/mol. The third-order valence-electron chi connectivity index (χ3n) is 5.64. The number of rotatable bonds is 8. The second kappa shape index (κ2) is 11.8. The first-order valence-electron chi connectivity index (χ1n) is 10.9. The Bertz CT molecular complexity index is 986. The van der Waals surface area contributed by atoms with Crippen molar-refractivity contribution in [2.75, 3.05) is 27.0 Å². The third-order valence-corrected chi connectivity index (χ3v) is 5.64. The van der Waals surface area contributed by atoms with Crippen molar-refractivity contribution in [2.45, 2.75) is 38.8 Å². The number of nitrogens with one attached hydrogen (secondary N) is 2. The molecule has 2 aliphatic rings. The van der Waals surface area contributed by atoms with Gasteiger partial charge in [-0.1, -0.05) is 6.07 Å². The monoisotopic (exact) mass is 573 g/mol. The standard InChI is InChI=1S/C24H29F2N3O3.HI/c1-15(17-5-6-22(21(26)11-17)31-12-16-3-4-16)29-24(27-2)28-8-7-18-9-20(25)10-19-13-30-14-32-23(18)19;/h5-6,9-11,15-16H,3-4,7-8,12-14H2,1-2H3,(H2,27,28,29);1H. The SMILES string of the molecule is CN=C(NCCc1cc(F)cc2c1OCOC2)NC(C)c1ccc(OCC2CC2)c(F)c1.I. The maximum absolute atomic E-state index is 14.4. The summed E-state index contributed by atoms with van der Waals surface area (Å²) in [4.78, 5) is 4.24. The highest BCUT2D eigenvalue weighted by molar-refractivity contribution is 14.0. The number of benzene rings is 2. The zero-order chi connectivity index (χ0) is 22.5. The lowest BCUT2D eigenvalue weighted by atomic mass is 10.1. The zero-order valence-corrected chi connectivity index (χ0v) is 21.2. The largest absolute Gasteiger partial charge is 0.490 e. The molecule has 4 rings (SSSR count). The van der Waals surface area contributed by atoms with Crippen molar-refractivity contribution in [3.63, 3.8) is 0 Å². The van der Waals surface area contributed by atoms with Gasteiger partial charge in [0.1, 0.15) is 11.6 Å². The van der Waals surface area contributed by atoms with Gasteiger partial charge in [0, 0.05) is 19.2 Å². The first-order chi connectivity index (χ1) is 15.5. The summed E-state index contributed by atoms with van der Waals surface area (Å²) in [5, 5.41) is 6.48. The molecule has 0 bridgehead atoms. The summed E-state index contributed by atoms with van der Waals surface area (Å²) in [7, 11) is 1.67. The summed E-state index contributed by atoms with van der Waals surface area (Å²) >= 11 is 0. The van der Waals surface area contributed by atoms with Gasteiger partial charge in [-0.25, -0.2) is 8.78 Å². The van der Waals surface area contributed by atoms with Crippen molar-refractivity contribution in [3.8, 4) is 11.5 Å². The Labute approximate surface area is 210 Å². The van der Waals surface area contributed by atoms with Crippen LogP contribution in [-0.2, 0) is 17.8 Å². The van der Waals surface area contributed by atoms with Crippen LogP contribution in [0.1, 0.15) is 42.5 Å². The van der Waals surface area contributed by atoms with Crippen LogP contribution in [0, 0.1) is 17.6 Å². The van der Waals surface area contributed by atoms with E-state index < -0.39 is 0 Å². The molecule has 1 unspecified atom stereocenters. The minimum Gasteiger partial charge on any atom is -0.490 e. The van der Waals surface area contributed by atoms with E-state index >= 15 is 0 Å². The molecule has 2 N–H and O–H groups in total. The maximum Gasteiger partial charge on any atom is 0.191 e. The number of hydrogen-bond acceptors (Lipinski definition) is 4. The second-order valence-corrected chi connectivity index (χ2v) is 8.22. The first-order valence-corrected chi connectivity index (χ1v) is 10.9. The highest BCUT2D eigenvalue weighted by atomic mass is 127. The molecule has 9 heteroatoms. The third kappa shape index (κ3) is 6.92. The van der Waals surface area contributed by atoms with Crippen LogP contribution < -0.4 is 20.1 Å². The molecule has 0 radical (unpaired) electrons. The molecule has 0 aromatic heterocycles. The summed E-state index contributed by atoms with van der Waals surface area (Å²) in [6, 6.07) is 7.78. The quantitative estimate of drug-likeness (QED) is 0.272. The number of ether oxygens (including phenoxy) is 3. The van der Waals surface area contributed by atoms with E-state index in [9.17, 15) is 8.78 Å². The number of aliphatic imine (C=N–C) groups is 1. The minimum atomic E-state index is -0.361. The van der Waals surface area contributed by atoms with Gasteiger partial charge in [-0.15, -0.1) is 24.0 Å². The Morgan fingerprint density at radius 1 is 1.24 bits per heavy atom. The fourth-order valence-electron chi connectivity index (χ4n) is 3.64. The molecular formula is C24H30F2IN3O3. The smallest absolute Gasteiger partial charge is 0.191 e. The van der Waals surface area contributed by atoms with E-state index in [1.807, 2.05) is 13.0 Å². The van der Waals surface area contributed by atoms with E-state index in [0.717, 1.165) is 24.0 Å². The van der Waals surface area contributed by atoms with Crippen molar-refractivity contribution in [1.29, 1.82) is 0 Å². The lowest BCUT2D eigenvalue weighted by Gasteiger charge is -2.22. The zero-order valence-electron chi connectivity index (χ0n) is 18.8. The van der Waals surface area contributed by atoms with Crippen LogP contribution in [0.25, 0.3) is 0 Å².